The van der Waals surface area contributed by atoms with E-state index in [1.807, 2.05) is 0 Å². The van der Waals surface area contributed by atoms with Gasteiger partial charge in [-0.2, -0.15) is 0 Å². The Labute approximate surface area is 122 Å². The van der Waals surface area contributed by atoms with Gasteiger partial charge >= 0.3 is 17.1 Å². The summed E-state index contributed by atoms with van der Waals surface area (Å²) in [5, 5.41) is 0. The summed E-state index contributed by atoms with van der Waals surface area (Å²) >= 11 is 10.1. The van der Waals surface area contributed by atoms with Crippen molar-refractivity contribution in [2.24, 2.45) is 0 Å². The van der Waals surface area contributed by atoms with Crippen LogP contribution in [0.25, 0.3) is 0 Å². The molecule has 11 heteroatoms. The quantitative estimate of drug-likeness (QED) is 0.634. The molecule has 0 fully saturated rings. The second kappa shape index (κ2) is 7.81. The van der Waals surface area contributed by atoms with E-state index in [0.717, 1.165) is 0 Å². The van der Waals surface area contributed by atoms with Crippen LogP contribution in [0.5, 0.6) is 0 Å². The Morgan fingerprint density at radius 1 is 0.929 bits per heavy atom. The number of aromatic nitrogens is 3. The first kappa shape index (κ1) is 20.0. The molecule has 0 aromatic carbocycles. The Kier molecular flexibility index (Phi) is 11.2. The van der Waals surface area contributed by atoms with E-state index in [-0.39, 0.29) is 62.5 Å². The van der Waals surface area contributed by atoms with Gasteiger partial charge in [-0.25, -0.2) is 14.4 Å². The molecule has 14 heavy (non-hydrogen) atoms. The summed E-state index contributed by atoms with van der Waals surface area (Å²) in [6.45, 7) is 0. The van der Waals surface area contributed by atoms with Crippen LogP contribution >= 0.6 is 48.4 Å². The van der Waals surface area contributed by atoms with Crippen LogP contribution < -0.4 is 17.1 Å². The van der Waals surface area contributed by atoms with E-state index < -0.39 is 17.1 Å². The zero-order valence-electron chi connectivity index (χ0n) is 6.69. The summed E-state index contributed by atoms with van der Waals surface area (Å²) < 4.78 is 0.322. The second-order valence-electron chi connectivity index (χ2n) is 1.58. The van der Waals surface area contributed by atoms with Gasteiger partial charge in [0.25, 0.3) is 0 Å². The van der Waals surface area contributed by atoms with E-state index in [1.165, 1.54) is 0 Å². The molecule has 77 valence electrons. The largest absolute Gasteiger partial charge is 0.366 e. The molecule has 0 aliphatic rings. The van der Waals surface area contributed by atoms with Crippen molar-refractivity contribution in [1.29, 1.82) is 0 Å². The van der Waals surface area contributed by atoms with E-state index in [9.17, 15) is 14.4 Å². The molecule has 0 aliphatic carbocycles. The van der Waals surface area contributed by atoms with Crippen LogP contribution in [0.1, 0.15) is 0 Å². The van der Waals surface area contributed by atoms with Crippen molar-refractivity contribution < 1.29 is 0 Å². The van der Waals surface area contributed by atoms with Crippen molar-refractivity contribution in [3.8, 4) is 0 Å². The number of nitrogens with one attached hydrogen (secondary N) is 1. The van der Waals surface area contributed by atoms with Crippen LogP contribution in [-0.4, -0.2) is 42.7 Å². The van der Waals surface area contributed by atoms with Crippen LogP contribution in [0.4, 0.5) is 0 Å². The molecule has 0 bridgehead atoms. The van der Waals surface area contributed by atoms with Crippen molar-refractivity contribution >= 4 is 77.9 Å². The first-order valence-corrected chi connectivity index (χ1v) is 3.02. The molecular weight excluding hydrogens is 291 g/mol. The average Bonchev–Trinajstić information content (AvgIpc) is 1.97. The number of nitrogens with zero attached hydrogens (tertiary/aromatic N) is 2. The molecule has 0 saturated carbocycles. The molecule has 0 unspecified atom stereocenters. The van der Waals surface area contributed by atoms with Gasteiger partial charge in [0.05, 0.1) is 0 Å². The predicted molar refractivity (Wildman–Crippen MR) is 58.3 cm³/mol. The molecule has 1 aromatic heterocycles. The molecule has 0 saturated heterocycles. The van der Waals surface area contributed by atoms with Crippen molar-refractivity contribution in [3.63, 3.8) is 0 Å². The van der Waals surface area contributed by atoms with Gasteiger partial charge < -0.3 is 0 Å². The third-order valence-electron chi connectivity index (χ3n) is 0.906. The van der Waals surface area contributed by atoms with Gasteiger partial charge in [-0.15, -0.1) is 33.0 Å². The Hall–Kier alpha value is 0.570. The summed E-state index contributed by atoms with van der Waals surface area (Å²) in [6.07, 6.45) is 0. The number of halogens is 4. The maximum atomic E-state index is 10.7. The van der Waals surface area contributed by atoms with Gasteiger partial charge in [-0.1, -0.05) is 0 Å². The third kappa shape index (κ3) is 3.98. The SMILES string of the molecule is Cl.Cl.O=c1[nH]c(=O)n(Cl)c(=O)n1Cl.[Na]. The van der Waals surface area contributed by atoms with Crippen LogP contribution in [0.2, 0.25) is 0 Å². The number of H-pyrrole nitrogens is 1. The molecular formula is C3H3Cl4N3NaO3. The molecule has 6 nitrogen and oxygen atoms in total. The first-order valence-electron chi connectivity index (χ1n) is 2.34. The van der Waals surface area contributed by atoms with Crippen molar-refractivity contribution in [2.45, 2.75) is 0 Å². The normalized spacial score (nSPS) is 7.86. The molecule has 0 aliphatic heterocycles. The molecule has 1 N–H and O–H groups in total. The van der Waals surface area contributed by atoms with E-state index in [2.05, 4.69) is 0 Å². The van der Waals surface area contributed by atoms with E-state index >= 15 is 0 Å². The van der Waals surface area contributed by atoms with Crippen molar-refractivity contribution in [1.82, 2.24) is 13.2 Å². The number of hydrogen-bond acceptors (Lipinski definition) is 3. The average molecular weight is 294 g/mol. The molecule has 0 amide bonds. The van der Waals surface area contributed by atoms with Gasteiger partial charge in [0, 0.05) is 53.1 Å². The fourth-order valence-electron chi connectivity index (χ4n) is 0.440. The first-order chi connectivity index (χ1) is 5.04. The fraction of sp³-hybridized carbons (Fsp3) is 0. The van der Waals surface area contributed by atoms with E-state index in [1.54, 1.807) is 4.98 Å². The maximum Gasteiger partial charge on any atom is 0.366 e. The van der Waals surface area contributed by atoms with Gasteiger partial charge in [0.1, 0.15) is 0 Å². The van der Waals surface area contributed by atoms with E-state index in [4.69, 9.17) is 23.6 Å². The van der Waals surface area contributed by atoms with Gasteiger partial charge in [-0.05, 0) is 0 Å². The van der Waals surface area contributed by atoms with Crippen LogP contribution in [0, 0.1) is 0 Å². The molecule has 1 radical (unpaired) electrons. The molecule has 1 rings (SSSR count). The fourth-order valence-corrected chi connectivity index (χ4v) is 0.715. The topological polar surface area (TPSA) is 76.9 Å². The third-order valence-corrected chi connectivity index (χ3v) is 1.50. The van der Waals surface area contributed by atoms with Gasteiger partial charge in [0.15, 0.2) is 0 Å². The Morgan fingerprint density at radius 2 is 1.21 bits per heavy atom. The predicted octanol–water partition coefficient (Wildman–Crippen LogP) is -0.835. The Bertz CT molecular complexity index is 412. The minimum absolute atomic E-state index is 0. The van der Waals surface area contributed by atoms with E-state index in [0.29, 0.717) is 0 Å². The Balaban J connectivity index is -0.000000403. The summed E-state index contributed by atoms with van der Waals surface area (Å²) in [5.41, 5.74) is -3.13. The van der Waals surface area contributed by atoms with Crippen LogP contribution in [0.15, 0.2) is 14.4 Å². The van der Waals surface area contributed by atoms with Crippen LogP contribution in [0.3, 0.4) is 0 Å². The second-order valence-corrected chi connectivity index (χ2v) is 2.26. The van der Waals surface area contributed by atoms with Gasteiger partial charge in [-0.3, -0.25) is 4.98 Å². The summed E-state index contributed by atoms with van der Waals surface area (Å²) in [7, 11) is 0. The maximum absolute atomic E-state index is 10.7. The Morgan fingerprint density at radius 3 is 1.50 bits per heavy atom. The number of aromatic amines is 1. The molecule has 1 aromatic rings. The minimum atomic E-state index is -1.10. The standard InChI is InChI=1S/C3HCl2N3O3.2ClH.Na/c4-7-1(9)6-2(10)8(5)3(7)11;;;/h(H,6,9,10);2*1H;. The minimum Gasteiger partial charge on any atom is -0.257 e. The smallest absolute Gasteiger partial charge is 0.257 e. The zero-order chi connectivity index (χ0) is 8.59. The van der Waals surface area contributed by atoms with Crippen molar-refractivity contribution in [2.75, 3.05) is 0 Å². The van der Waals surface area contributed by atoms with Crippen molar-refractivity contribution in [3.05, 3.63) is 31.5 Å². The van der Waals surface area contributed by atoms with Gasteiger partial charge in [0.2, 0.25) is 0 Å². The zero-order valence-corrected chi connectivity index (χ0v) is 11.8. The summed E-state index contributed by atoms with van der Waals surface area (Å²) in [5.74, 6) is 0. The van der Waals surface area contributed by atoms with Crippen LogP contribution in [-0.2, 0) is 0 Å². The molecule has 1 heterocycles. The number of hydrogen-bond donors (Lipinski definition) is 1. The summed E-state index contributed by atoms with van der Waals surface area (Å²) in [6, 6.07) is 0. The molecule has 0 atom stereocenters. The summed E-state index contributed by atoms with van der Waals surface area (Å²) in [4.78, 5) is 33.4. The number of rotatable bonds is 0. The monoisotopic (exact) mass is 292 g/mol. The molecule has 0 spiro atoms.